The van der Waals surface area contributed by atoms with Gasteiger partial charge in [-0.25, -0.2) is 0 Å². The van der Waals surface area contributed by atoms with Crippen molar-refractivity contribution in [2.24, 2.45) is 0 Å². The van der Waals surface area contributed by atoms with Gasteiger partial charge in [-0.05, 0) is 31.0 Å². The zero-order valence-electron chi connectivity index (χ0n) is 12.6. The molecule has 0 amide bonds. The van der Waals surface area contributed by atoms with Gasteiger partial charge in [0.25, 0.3) is 0 Å². The molecule has 0 radical (unpaired) electrons. The summed E-state index contributed by atoms with van der Waals surface area (Å²) in [6, 6.07) is 8.81. The zero-order valence-corrected chi connectivity index (χ0v) is 12.6. The number of morpholine rings is 1. The topological polar surface area (TPSA) is 33.7 Å². The minimum Gasteiger partial charge on any atom is -0.497 e. The normalized spacial score (nSPS) is 17.9. The number of ether oxygens (including phenoxy) is 2. The van der Waals surface area contributed by atoms with Gasteiger partial charge in [0.2, 0.25) is 0 Å². The molecule has 1 aliphatic heterocycles. The predicted octanol–water partition coefficient (Wildman–Crippen LogP) is 1.55. The highest BCUT2D eigenvalue weighted by Crippen LogP contribution is 2.12. The van der Waals surface area contributed by atoms with Gasteiger partial charge in [-0.3, -0.25) is 4.90 Å². The van der Waals surface area contributed by atoms with Crippen LogP contribution < -0.4 is 10.1 Å². The molecule has 1 heterocycles. The molecule has 0 unspecified atom stereocenters. The maximum Gasteiger partial charge on any atom is 0.118 e. The Labute approximate surface area is 122 Å². The van der Waals surface area contributed by atoms with E-state index in [9.17, 15) is 0 Å². The summed E-state index contributed by atoms with van der Waals surface area (Å²) in [5, 5.41) is 3.59. The second kappa shape index (κ2) is 8.25. The van der Waals surface area contributed by atoms with Crippen molar-refractivity contribution >= 4 is 0 Å². The standard InChI is InChI=1S/C16H26N2O2/c1-14(13-15-3-5-16(19-2)6-4-15)17-7-8-18-9-11-20-12-10-18/h3-6,14,17H,7-13H2,1-2H3/t14-/m1/s1. The summed E-state index contributed by atoms with van der Waals surface area (Å²) >= 11 is 0. The first-order valence-corrected chi connectivity index (χ1v) is 7.44. The van der Waals surface area contributed by atoms with Crippen LogP contribution in [0, 0.1) is 0 Å². The average molecular weight is 278 g/mol. The quantitative estimate of drug-likeness (QED) is 0.820. The van der Waals surface area contributed by atoms with Crippen LogP contribution in [0.25, 0.3) is 0 Å². The molecule has 112 valence electrons. The maximum absolute atomic E-state index is 5.35. The van der Waals surface area contributed by atoms with E-state index in [4.69, 9.17) is 9.47 Å². The summed E-state index contributed by atoms with van der Waals surface area (Å²) < 4.78 is 10.5. The van der Waals surface area contributed by atoms with Gasteiger partial charge >= 0.3 is 0 Å². The van der Waals surface area contributed by atoms with Crippen molar-refractivity contribution in [1.29, 1.82) is 0 Å². The number of benzene rings is 1. The number of hydrogen-bond acceptors (Lipinski definition) is 4. The fraction of sp³-hybridized carbons (Fsp3) is 0.625. The van der Waals surface area contributed by atoms with Crippen molar-refractivity contribution < 1.29 is 9.47 Å². The second-order valence-electron chi connectivity index (χ2n) is 5.36. The van der Waals surface area contributed by atoms with Crippen molar-refractivity contribution in [1.82, 2.24) is 10.2 Å². The van der Waals surface area contributed by atoms with Crippen molar-refractivity contribution in [2.75, 3.05) is 46.5 Å². The van der Waals surface area contributed by atoms with E-state index in [2.05, 4.69) is 29.3 Å². The van der Waals surface area contributed by atoms with Crippen LogP contribution in [0.5, 0.6) is 5.75 Å². The summed E-state index contributed by atoms with van der Waals surface area (Å²) in [5.41, 5.74) is 1.34. The molecule has 2 rings (SSSR count). The minimum absolute atomic E-state index is 0.490. The van der Waals surface area contributed by atoms with Crippen molar-refractivity contribution in [2.45, 2.75) is 19.4 Å². The fourth-order valence-electron chi connectivity index (χ4n) is 2.48. The van der Waals surface area contributed by atoms with E-state index in [1.165, 1.54) is 5.56 Å². The van der Waals surface area contributed by atoms with Crippen LogP contribution in [0.15, 0.2) is 24.3 Å². The lowest BCUT2D eigenvalue weighted by molar-refractivity contribution is 0.0382. The first-order valence-electron chi connectivity index (χ1n) is 7.44. The molecular formula is C16H26N2O2. The third-order valence-electron chi connectivity index (χ3n) is 3.73. The molecule has 0 saturated carbocycles. The monoisotopic (exact) mass is 278 g/mol. The Morgan fingerprint density at radius 2 is 1.95 bits per heavy atom. The minimum atomic E-state index is 0.490. The van der Waals surface area contributed by atoms with Crippen LogP contribution in [-0.4, -0.2) is 57.4 Å². The van der Waals surface area contributed by atoms with E-state index >= 15 is 0 Å². The Bertz CT molecular complexity index is 375. The van der Waals surface area contributed by atoms with E-state index in [0.717, 1.165) is 51.6 Å². The Hall–Kier alpha value is -1.10. The first kappa shape index (κ1) is 15.3. The molecule has 0 spiro atoms. The predicted molar refractivity (Wildman–Crippen MR) is 81.4 cm³/mol. The van der Waals surface area contributed by atoms with Crippen LogP contribution in [0.2, 0.25) is 0 Å². The van der Waals surface area contributed by atoms with Crippen LogP contribution >= 0.6 is 0 Å². The number of nitrogens with one attached hydrogen (secondary N) is 1. The maximum atomic E-state index is 5.35. The average Bonchev–Trinajstić information content (AvgIpc) is 2.49. The van der Waals surface area contributed by atoms with Gasteiger partial charge < -0.3 is 14.8 Å². The molecule has 1 fully saturated rings. The van der Waals surface area contributed by atoms with Crippen LogP contribution in [0.4, 0.5) is 0 Å². The molecular weight excluding hydrogens is 252 g/mol. The van der Waals surface area contributed by atoms with Gasteiger partial charge in [-0.1, -0.05) is 12.1 Å². The van der Waals surface area contributed by atoms with Gasteiger partial charge in [-0.2, -0.15) is 0 Å². The summed E-state index contributed by atoms with van der Waals surface area (Å²) in [6.45, 7) is 8.27. The number of rotatable bonds is 7. The van der Waals surface area contributed by atoms with Gasteiger partial charge in [0.15, 0.2) is 0 Å². The molecule has 1 aliphatic rings. The van der Waals surface area contributed by atoms with E-state index in [0.29, 0.717) is 6.04 Å². The van der Waals surface area contributed by atoms with E-state index in [1.807, 2.05) is 12.1 Å². The molecule has 1 aromatic carbocycles. The molecule has 0 aliphatic carbocycles. The van der Waals surface area contributed by atoms with Crippen molar-refractivity contribution in [3.8, 4) is 5.75 Å². The van der Waals surface area contributed by atoms with Crippen LogP contribution in [0.3, 0.4) is 0 Å². The summed E-state index contributed by atoms with van der Waals surface area (Å²) in [7, 11) is 1.70. The van der Waals surface area contributed by atoms with E-state index in [-0.39, 0.29) is 0 Å². The first-order chi connectivity index (χ1) is 9.78. The third kappa shape index (κ3) is 5.12. The van der Waals surface area contributed by atoms with Gasteiger partial charge in [0.1, 0.15) is 5.75 Å². The number of nitrogens with zero attached hydrogens (tertiary/aromatic N) is 1. The highest BCUT2D eigenvalue weighted by atomic mass is 16.5. The molecule has 1 aromatic rings. The molecule has 4 nitrogen and oxygen atoms in total. The third-order valence-corrected chi connectivity index (χ3v) is 3.73. The largest absolute Gasteiger partial charge is 0.497 e. The lowest BCUT2D eigenvalue weighted by Crippen LogP contribution is -2.42. The van der Waals surface area contributed by atoms with Crippen molar-refractivity contribution in [3.63, 3.8) is 0 Å². The highest BCUT2D eigenvalue weighted by Gasteiger charge is 2.10. The lowest BCUT2D eigenvalue weighted by atomic mass is 10.1. The Kier molecular flexibility index (Phi) is 6.30. The molecule has 0 aromatic heterocycles. The smallest absolute Gasteiger partial charge is 0.118 e. The molecule has 0 bridgehead atoms. The highest BCUT2D eigenvalue weighted by molar-refractivity contribution is 5.27. The Balaban J connectivity index is 1.65. The van der Waals surface area contributed by atoms with Crippen molar-refractivity contribution in [3.05, 3.63) is 29.8 Å². The summed E-state index contributed by atoms with van der Waals surface area (Å²) in [4.78, 5) is 2.45. The summed E-state index contributed by atoms with van der Waals surface area (Å²) in [5.74, 6) is 0.918. The Morgan fingerprint density at radius 1 is 1.25 bits per heavy atom. The van der Waals surface area contributed by atoms with E-state index in [1.54, 1.807) is 7.11 Å². The summed E-state index contributed by atoms with van der Waals surface area (Å²) in [6.07, 6.45) is 1.05. The fourth-order valence-corrected chi connectivity index (χ4v) is 2.48. The van der Waals surface area contributed by atoms with Gasteiger partial charge in [0.05, 0.1) is 20.3 Å². The number of methoxy groups -OCH3 is 1. The molecule has 4 heteroatoms. The lowest BCUT2D eigenvalue weighted by Gasteiger charge is -2.27. The molecule has 1 atom stereocenters. The van der Waals surface area contributed by atoms with Crippen LogP contribution in [0.1, 0.15) is 12.5 Å². The van der Waals surface area contributed by atoms with Crippen LogP contribution in [-0.2, 0) is 11.2 Å². The second-order valence-corrected chi connectivity index (χ2v) is 5.36. The van der Waals surface area contributed by atoms with Gasteiger partial charge in [-0.15, -0.1) is 0 Å². The zero-order chi connectivity index (χ0) is 14.2. The molecule has 1 saturated heterocycles. The van der Waals surface area contributed by atoms with Gasteiger partial charge in [0, 0.05) is 32.2 Å². The molecule has 20 heavy (non-hydrogen) atoms. The SMILES string of the molecule is COc1ccc(C[C@@H](C)NCCN2CCOCC2)cc1. The molecule has 1 N–H and O–H groups in total. The van der Waals surface area contributed by atoms with E-state index < -0.39 is 0 Å². The number of hydrogen-bond donors (Lipinski definition) is 1. The Morgan fingerprint density at radius 3 is 2.60 bits per heavy atom.